The quantitative estimate of drug-likeness (QED) is 0.860. The predicted octanol–water partition coefficient (Wildman–Crippen LogP) is 1.96. The monoisotopic (exact) mass is 258 g/mol. The molecule has 100 valence electrons. The summed E-state index contributed by atoms with van der Waals surface area (Å²) >= 11 is 0. The predicted molar refractivity (Wildman–Crippen MR) is 75.9 cm³/mol. The number of rotatable bonds is 5. The summed E-state index contributed by atoms with van der Waals surface area (Å²) in [5.74, 6) is 0.655. The Labute approximate surface area is 112 Å². The van der Waals surface area contributed by atoms with Gasteiger partial charge in [0.25, 0.3) is 0 Å². The maximum absolute atomic E-state index is 11.7. The van der Waals surface area contributed by atoms with Crippen molar-refractivity contribution in [1.82, 2.24) is 15.3 Å². The van der Waals surface area contributed by atoms with Crippen molar-refractivity contribution in [3.8, 4) is 0 Å². The topological polar surface area (TPSA) is 66.9 Å². The molecular formula is C14H18N4O. The molecule has 2 rings (SSSR count). The summed E-state index contributed by atoms with van der Waals surface area (Å²) in [6.45, 7) is 4.24. The van der Waals surface area contributed by atoms with Gasteiger partial charge in [-0.3, -0.25) is 4.79 Å². The number of nitrogens with one attached hydrogen (secondary N) is 2. The third-order valence-corrected chi connectivity index (χ3v) is 2.98. The lowest BCUT2D eigenvalue weighted by atomic mass is 10.2. The molecule has 0 saturated carbocycles. The van der Waals surface area contributed by atoms with E-state index < -0.39 is 0 Å². The molecule has 1 unspecified atom stereocenters. The zero-order valence-corrected chi connectivity index (χ0v) is 11.2. The van der Waals surface area contributed by atoms with Crippen molar-refractivity contribution in [3.63, 3.8) is 0 Å². The van der Waals surface area contributed by atoms with Crippen LogP contribution in [0.5, 0.6) is 0 Å². The van der Waals surface area contributed by atoms with Crippen LogP contribution >= 0.6 is 0 Å². The zero-order chi connectivity index (χ0) is 13.7. The standard InChI is InChI=1S/C14H18N4O/c1-3-10(2)18-13(19)8-15-14-11-6-4-5-7-12(11)16-9-17-14/h4-7,9-10H,3,8H2,1-2H3,(H,18,19)(H,15,16,17). The summed E-state index contributed by atoms with van der Waals surface area (Å²) in [5, 5.41) is 6.87. The molecule has 0 spiro atoms. The maximum atomic E-state index is 11.7. The van der Waals surface area contributed by atoms with Gasteiger partial charge in [0.15, 0.2) is 0 Å². The highest BCUT2D eigenvalue weighted by Crippen LogP contribution is 2.17. The number of aromatic nitrogens is 2. The molecule has 0 saturated heterocycles. The molecule has 0 aliphatic carbocycles. The second-order valence-corrected chi connectivity index (χ2v) is 4.47. The second kappa shape index (κ2) is 6.13. The van der Waals surface area contributed by atoms with Gasteiger partial charge in [0, 0.05) is 11.4 Å². The Bertz CT molecular complexity index is 565. The Balaban J connectivity index is 2.04. The lowest BCUT2D eigenvalue weighted by Crippen LogP contribution is -2.36. The molecule has 2 N–H and O–H groups in total. The van der Waals surface area contributed by atoms with Crippen LogP contribution in [-0.2, 0) is 4.79 Å². The van der Waals surface area contributed by atoms with Gasteiger partial charge in [0.05, 0.1) is 12.1 Å². The lowest BCUT2D eigenvalue weighted by molar-refractivity contribution is -0.120. The number of para-hydroxylation sites is 1. The SMILES string of the molecule is CCC(C)NC(=O)CNc1ncnc2ccccc12. The van der Waals surface area contributed by atoms with E-state index in [-0.39, 0.29) is 18.5 Å². The Morgan fingerprint density at radius 1 is 1.32 bits per heavy atom. The van der Waals surface area contributed by atoms with Gasteiger partial charge >= 0.3 is 0 Å². The fourth-order valence-electron chi connectivity index (χ4n) is 1.74. The third-order valence-electron chi connectivity index (χ3n) is 2.98. The Morgan fingerprint density at radius 2 is 2.11 bits per heavy atom. The maximum Gasteiger partial charge on any atom is 0.239 e. The molecule has 0 aliphatic rings. The van der Waals surface area contributed by atoms with Crippen molar-refractivity contribution in [2.24, 2.45) is 0 Å². The Morgan fingerprint density at radius 3 is 2.89 bits per heavy atom. The number of carbonyl (C=O) groups is 1. The number of hydrogen-bond donors (Lipinski definition) is 2. The van der Waals surface area contributed by atoms with E-state index in [1.165, 1.54) is 6.33 Å². The van der Waals surface area contributed by atoms with Gasteiger partial charge in [-0.25, -0.2) is 9.97 Å². The molecule has 1 atom stereocenters. The van der Waals surface area contributed by atoms with Gasteiger partial charge in [-0.05, 0) is 25.5 Å². The van der Waals surface area contributed by atoms with Crippen LogP contribution in [0.2, 0.25) is 0 Å². The summed E-state index contributed by atoms with van der Waals surface area (Å²) in [5.41, 5.74) is 0.863. The highest BCUT2D eigenvalue weighted by Gasteiger charge is 2.07. The molecule has 0 bridgehead atoms. The van der Waals surface area contributed by atoms with Crippen LogP contribution < -0.4 is 10.6 Å². The zero-order valence-electron chi connectivity index (χ0n) is 11.2. The van der Waals surface area contributed by atoms with Gasteiger partial charge in [-0.15, -0.1) is 0 Å². The summed E-state index contributed by atoms with van der Waals surface area (Å²) in [7, 11) is 0. The van der Waals surface area contributed by atoms with E-state index in [4.69, 9.17) is 0 Å². The minimum atomic E-state index is -0.0305. The van der Waals surface area contributed by atoms with Gasteiger partial charge in [0.2, 0.25) is 5.91 Å². The average Bonchev–Trinajstić information content (AvgIpc) is 2.44. The molecule has 19 heavy (non-hydrogen) atoms. The Kier molecular flexibility index (Phi) is 4.28. The van der Waals surface area contributed by atoms with E-state index in [1.54, 1.807) is 0 Å². The molecule has 5 nitrogen and oxygen atoms in total. The third kappa shape index (κ3) is 3.40. The summed E-state index contributed by atoms with van der Waals surface area (Å²) in [6, 6.07) is 7.90. The molecule has 0 radical (unpaired) electrons. The van der Waals surface area contributed by atoms with Crippen LogP contribution in [-0.4, -0.2) is 28.5 Å². The van der Waals surface area contributed by atoms with Crippen LogP contribution in [0.4, 0.5) is 5.82 Å². The first-order valence-electron chi connectivity index (χ1n) is 6.43. The first-order valence-corrected chi connectivity index (χ1v) is 6.43. The van der Waals surface area contributed by atoms with Crippen molar-refractivity contribution >= 4 is 22.6 Å². The average molecular weight is 258 g/mol. The first-order chi connectivity index (χ1) is 9.20. The van der Waals surface area contributed by atoms with Crippen LogP contribution in [0.3, 0.4) is 0 Å². The fourth-order valence-corrected chi connectivity index (χ4v) is 1.74. The van der Waals surface area contributed by atoms with Crippen molar-refractivity contribution in [3.05, 3.63) is 30.6 Å². The minimum Gasteiger partial charge on any atom is -0.360 e. The minimum absolute atomic E-state index is 0.0305. The summed E-state index contributed by atoms with van der Waals surface area (Å²) < 4.78 is 0. The molecule has 1 aromatic carbocycles. The molecule has 1 amide bonds. The van der Waals surface area contributed by atoms with Crippen LogP contribution in [0.1, 0.15) is 20.3 Å². The lowest BCUT2D eigenvalue weighted by Gasteiger charge is -2.12. The van der Waals surface area contributed by atoms with Gasteiger partial charge in [-0.1, -0.05) is 19.1 Å². The molecule has 1 heterocycles. The van der Waals surface area contributed by atoms with Crippen molar-refractivity contribution < 1.29 is 4.79 Å². The molecule has 0 aliphatic heterocycles. The Hall–Kier alpha value is -2.17. The highest BCUT2D eigenvalue weighted by atomic mass is 16.1. The molecule has 1 aromatic heterocycles. The molecule has 5 heteroatoms. The van der Waals surface area contributed by atoms with Gasteiger partial charge in [0.1, 0.15) is 12.1 Å². The van der Waals surface area contributed by atoms with E-state index in [1.807, 2.05) is 38.1 Å². The van der Waals surface area contributed by atoms with Crippen LogP contribution in [0.15, 0.2) is 30.6 Å². The van der Waals surface area contributed by atoms with Crippen molar-refractivity contribution in [2.75, 3.05) is 11.9 Å². The number of nitrogens with zero attached hydrogens (tertiary/aromatic N) is 2. The second-order valence-electron chi connectivity index (χ2n) is 4.47. The highest BCUT2D eigenvalue weighted by molar-refractivity contribution is 5.90. The van der Waals surface area contributed by atoms with Crippen LogP contribution in [0, 0.1) is 0 Å². The smallest absolute Gasteiger partial charge is 0.239 e. The van der Waals surface area contributed by atoms with Crippen LogP contribution in [0.25, 0.3) is 10.9 Å². The normalized spacial score (nSPS) is 12.1. The van der Waals surface area contributed by atoms with Gasteiger partial charge in [-0.2, -0.15) is 0 Å². The van der Waals surface area contributed by atoms with E-state index >= 15 is 0 Å². The number of hydrogen-bond acceptors (Lipinski definition) is 4. The number of benzene rings is 1. The number of carbonyl (C=O) groups excluding carboxylic acids is 1. The van der Waals surface area contributed by atoms with Crippen molar-refractivity contribution in [1.29, 1.82) is 0 Å². The number of fused-ring (bicyclic) bond motifs is 1. The molecule has 2 aromatic rings. The van der Waals surface area contributed by atoms with E-state index in [0.29, 0.717) is 5.82 Å². The largest absolute Gasteiger partial charge is 0.360 e. The van der Waals surface area contributed by atoms with E-state index in [2.05, 4.69) is 20.6 Å². The van der Waals surface area contributed by atoms with Crippen molar-refractivity contribution in [2.45, 2.75) is 26.3 Å². The van der Waals surface area contributed by atoms with E-state index in [9.17, 15) is 4.79 Å². The number of anilines is 1. The summed E-state index contributed by atoms with van der Waals surface area (Å²) in [6.07, 6.45) is 2.42. The van der Waals surface area contributed by atoms with E-state index in [0.717, 1.165) is 17.3 Å². The number of amides is 1. The first kappa shape index (κ1) is 13.3. The fraction of sp³-hybridized carbons (Fsp3) is 0.357. The summed E-state index contributed by atoms with van der Waals surface area (Å²) in [4.78, 5) is 20.1. The van der Waals surface area contributed by atoms with Gasteiger partial charge < -0.3 is 10.6 Å². The molecular weight excluding hydrogens is 240 g/mol. The molecule has 0 fully saturated rings.